The highest BCUT2D eigenvalue weighted by molar-refractivity contribution is 6.31. The third-order valence-corrected chi connectivity index (χ3v) is 7.82. The Morgan fingerprint density at radius 1 is 1.35 bits per heavy atom. The Balaban J connectivity index is 1.46. The molecular weight excluding hydrogens is 454 g/mol. The van der Waals surface area contributed by atoms with Crippen molar-refractivity contribution in [3.05, 3.63) is 68.1 Å². The third kappa shape index (κ3) is 4.31. The molecule has 182 valence electrons. The minimum atomic E-state index is -0.762. The van der Waals surface area contributed by atoms with Gasteiger partial charge in [0, 0.05) is 56.1 Å². The van der Waals surface area contributed by atoms with E-state index in [4.69, 9.17) is 21.1 Å². The maximum atomic E-state index is 14.1. The van der Waals surface area contributed by atoms with Gasteiger partial charge in [0.2, 0.25) is 5.91 Å². The fourth-order valence-electron chi connectivity index (χ4n) is 5.40. The number of halogens is 1. The summed E-state index contributed by atoms with van der Waals surface area (Å²) in [6.45, 7) is 2.80. The second kappa shape index (κ2) is 9.46. The second-order valence-corrected chi connectivity index (χ2v) is 10.1. The van der Waals surface area contributed by atoms with Crippen molar-refractivity contribution >= 4 is 17.5 Å². The van der Waals surface area contributed by atoms with Crippen LogP contribution in [0.2, 0.25) is 5.02 Å². The molecule has 7 nitrogen and oxygen atoms in total. The first-order valence-corrected chi connectivity index (χ1v) is 12.4. The minimum Gasteiger partial charge on any atom is -0.384 e. The average Bonchev–Trinajstić information content (AvgIpc) is 3.63. The summed E-state index contributed by atoms with van der Waals surface area (Å²) in [5.41, 5.74) is 3.13. The molecule has 3 aliphatic rings. The quantitative estimate of drug-likeness (QED) is 0.653. The lowest BCUT2D eigenvalue weighted by Gasteiger charge is -2.42. The van der Waals surface area contributed by atoms with E-state index >= 15 is 0 Å². The van der Waals surface area contributed by atoms with Gasteiger partial charge in [-0.25, -0.2) is 0 Å². The predicted octanol–water partition coefficient (Wildman–Crippen LogP) is 2.75. The molecule has 1 amide bonds. The average molecular weight is 486 g/mol. The number of aromatic nitrogens is 1. The Morgan fingerprint density at radius 3 is 2.94 bits per heavy atom. The number of nitrogens with zero attached hydrogens (tertiary/aromatic N) is 2. The molecule has 0 bridgehead atoms. The van der Waals surface area contributed by atoms with Crippen LogP contribution in [0.4, 0.5) is 0 Å². The van der Waals surface area contributed by atoms with Crippen molar-refractivity contribution in [3.8, 4) is 0 Å². The van der Waals surface area contributed by atoms with Crippen LogP contribution in [0.1, 0.15) is 41.5 Å². The summed E-state index contributed by atoms with van der Waals surface area (Å²) < 4.78 is 13.2. The lowest BCUT2D eigenvalue weighted by Crippen LogP contribution is -2.55. The number of carbonyl (C=O) groups is 1. The van der Waals surface area contributed by atoms with Gasteiger partial charge in [-0.05, 0) is 55.0 Å². The zero-order valence-corrected chi connectivity index (χ0v) is 20.6. The number of benzene rings is 1. The number of ether oxygens (including phenoxy) is 2. The Kier molecular flexibility index (Phi) is 6.55. The van der Waals surface area contributed by atoms with Crippen LogP contribution >= 0.6 is 11.6 Å². The SMILES string of the molecule is COCCc1ccc(Cl)c(CN(C(=O)C2CNCC[C@@]23OCc2cn(C)c(=O)cc23)C2CC2)c1. The number of amides is 1. The standard InChI is InChI=1S/C26H32ClN3O4/c1-29-14-19-16-34-26(21(19)12-24(29)31)8-9-28-13-22(26)25(32)30(20-4-5-20)15-18-11-17(7-10-33-2)3-6-23(18)27/h3,6,11-12,14,20,22,28H,4-5,7-10,13,15-16H2,1-2H3/t22?,26-/m0/s1. The van der Waals surface area contributed by atoms with Crippen molar-refractivity contribution in [1.29, 1.82) is 0 Å². The highest BCUT2D eigenvalue weighted by Gasteiger charge is 2.53. The summed E-state index contributed by atoms with van der Waals surface area (Å²) in [5, 5.41) is 4.06. The number of pyridine rings is 1. The van der Waals surface area contributed by atoms with Crippen LogP contribution in [0.3, 0.4) is 0 Å². The van der Waals surface area contributed by atoms with E-state index in [9.17, 15) is 9.59 Å². The minimum absolute atomic E-state index is 0.0709. The Labute approximate surface area is 205 Å². The summed E-state index contributed by atoms with van der Waals surface area (Å²) in [4.78, 5) is 28.6. The van der Waals surface area contributed by atoms with Gasteiger partial charge in [0.1, 0.15) is 5.60 Å². The van der Waals surface area contributed by atoms with Crippen LogP contribution in [0.25, 0.3) is 0 Å². The van der Waals surface area contributed by atoms with E-state index in [0.717, 1.165) is 48.1 Å². The summed E-state index contributed by atoms with van der Waals surface area (Å²) >= 11 is 6.57. The highest BCUT2D eigenvalue weighted by atomic mass is 35.5. The Hall–Kier alpha value is -2.19. The molecule has 0 radical (unpaired) electrons. The molecule has 1 aromatic heterocycles. The first-order valence-electron chi connectivity index (χ1n) is 12.0. The van der Waals surface area contributed by atoms with Gasteiger partial charge in [0.15, 0.2) is 0 Å². The van der Waals surface area contributed by atoms with Gasteiger partial charge in [-0.2, -0.15) is 0 Å². The summed E-state index contributed by atoms with van der Waals surface area (Å²) in [6.07, 6.45) is 5.30. The van der Waals surface area contributed by atoms with E-state index in [1.807, 2.05) is 23.2 Å². The van der Waals surface area contributed by atoms with E-state index in [-0.39, 0.29) is 17.5 Å². The Bertz CT molecular complexity index is 1150. The number of hydrogen-bond donors (Lipinski definition) is 1. The summed E-state index contributed by atoms with van der Waals surface area (Å²) in [5.74, 6) is -0.327. The molecule has 1 aliphatic carbocycles. The van der Waals surface area contributed by atoms with Crippen molar-refractivity contribution in [2.75, 3.05) is 26.8 Å². The van der Waals surface area contributed by atoms with Crippen LogP contribution in [-0.4, -0.2) is 48.2 Å². The van der Waals surface area contributed by atoms with Gasteiger partial charge < -0.3 is 24.3 Å². The van der Waals surface area contributed by atoms with Crippen molar-refractivity contribution in [2.45, 2.75) is 50.5 Å². The molecule has 34 heavy (non-hydrogen) atoms. The monoisotopic (exact) mass is 485 g/mol. The third-order valence-electron chi connectivity index (χ3n) is 7.45. The van der Waals surface area contributed by atoms with Gasteiger partial charge in [0.05, 0.1) is 19.1 Å². The maximum absolute atomic E-state index is 14.1. The molecule has 1 unspecified atom stereocenters. The summed E-state index contributed by atoms with van der Waals surface area (Å²) in [6, 6.07) is 7.90. The Morgan fingerprint density at radius 2 is 2.18 bits per heavy atom. The molecule has 8 heteroatoms. The first kappa shape index (κ1) is 23.5. The number of carbonyl (C=O) groups excluding carboxylic acids is 1. The lowest BCUT2D eigenvalue weighted by atomic mass is 9.75. The molecule has 3 heterocycles. The maximum Gasteiger partial charge on any atom is 0.250 e. The van der Waals surface area contributed by atoms with Crippen molar-refractivity contribution < 1.29 is 14.3 Å². The smallest absolute Gasteiger partial charge is 0.250 e. The first-order chi connectivity index (χ1) is 16.4. The fourth-order valence-corrected chi connectivity index (χ4v) is 5.58. The van der Waals surface area contributed by atoms with Gasteiger partial charge in [-0.3, -0.25) is 9.59 Å². The molecule has 2 aliphatic heterocycles. The number of methoxy groups -OCH3 is 1. The van der Waals surface area contributed by atoms with E-state index in [0.29, 0.717) is 37.7 Å². The lowest BCUT2D eigenvalue weighted by molar-refractivity contribution is -0.157. The van der Waals surface area contributed by atoms with Gasteiger partial charge in [-0.15, -0.1) is 0 Å². The van der Waals surface area contributed by atoms with Gasteiger partial charge in [-0.1, -0.05) is 23.7 Å². The molecule has 1 saturated heterocycles. The molecule has 2 fully saturated rings. The van der Waals surface area contributed by atoms with Crippen LogP contribution in [0.15, 0.2) is 35.3 Å². The largest absolute Gasteiger partial charge is 0.384 e. The topological polar surface area (TPSA) is 72.8 Å². The van der Waals surface area contributed by atoms with Crippen molar-refractivity contribution in [3.63, 3.8) is 0 Å². The molecule has 1 spiro atoms. The molecule has 2 aromatic rings. The number of aryl methyl sites for hydroxylation is 1. The molecule has 1 N–H and O–H groups in total. The molecule has 2 atom stereocenters. The molecule has 1 saturated carbocycles. The van der Waals surface area contributed by atoms with Crippen LogP contribution in [-0.2, 0) is 46.5 Å². The van der Waals surface area contributed by atoms with E-state index in [1.165, 1.54) is 0 Å². The molecular formula is C26H32ClN3O4. The highest BCUT2D eigenvalue weighted by Crippen LogP contribution is 2.47. The fraction of sp³-hybridized carbons (Fsp3) is 0.538. The van der Waals surface area contributed by atoms with Gasteiger partial charge in [0.25, 0.3) is 5.56 Å². The van der Waals surface area contributed by atoms with Crippen LogP contribution in [0, 0.1) is 5.92 Å². The van der Waals surface area contributed by atoms with Crippen molar-refractivity contribution in [1.82, 2.24) is 14.8 Å². The number of rotatable bonds is 7. The number of piperidine rings is 1. The predicted molar refractivity (Wildman–Crippen MR) is 130 cm³/mol. The molecule has 1 aromatic carbocycles. The zero-order chi connectivity index (χ0) is 23.9. The second-order valence-electron chi connectivity index (χ2n) is 9.71. The number of fused-ring (bicyclic) bond motifs is 2. The number of nitrogens with one attached hydrogen (secondary N) is 1. The van der Waals surface area contributed by atoms with Crippen LogP contribution in [0.5, 0.6) is 0 Å². The summed E-state index contributed by atoms with van der Waals surface area (Å²) in [7, 11) is 3.44. The van der Waals surface area contributed by atoms with E-state index in [2.05, 4.69) is 11.4 Å². The van der Waals surface area contributed by atoms with Crippen molar-refractivity contribution in [2.24, 2.45) is 13.0 Å². The van der Waals surface area contributed by atoms with E-state index < -0.39 is 11.5 Å². The molecule has 5 rings (SSSR count). The van der Waals surface area contributed by atoms with E-state index in [1.54, 1.807) is 24.8 Å². The number of hydrogen-bond acceptors (Lipinski definition) is 5. The van der Waals surface area contributed by atoms with Gasteiger partial charge >= 0.3 is 0 Å². The van der Waals surface area contributed by atoms with Crippen LogP contribution < -0.4 is 10.9 Å². The zero-order valence-electron chi connectivity index (χ0n) is 19.8. The normalized spacial score (nSPS) is 23.8.